The lowest BCUT2D eigenvalue weighted by Crippen LogP contribution is -2.32. The Morgan fingerprint density at radius 3 is 2.81 bits per heavy atom. The molecular formula is C17H28BIOS. The summed E-state index contributed by atoms with van der Waals surface area (Å²) in [6.45, 7) is 2.08. The van der Waals surface area contributed by atoms with E-state index < -0.39 is 11.2 Å². The fraction of sp³-hybridized carbons (Fsp3) is 0.882. The van der Waals surface area contributed by atoms with Gasteiger partial charge in [-0.15, -0.1) is 0 Å². The van der Waals surface area contributed by atoms with Gasteiger partial charge in [-0.25, -0.2) is 0 Å². The summed E-state index contributed by atoms with van der Waals surface area (Å²) in [6.07, 6.45) is 13.5. The molecule has 0 N–H and O–H groups in total. The van der Waals surface area contributed by atoms with E-state index in [1.54, 1.807) is 5.57 Å². The maximum Gasteiger partial charge on any atom is 0.129 e. The molecule has 21 heavy (non-hydrogen) atoms. The molecule has 118 valence electrons. The Bertz CT molecular complexity index is 437. The quantitative estimate of drug-likeness (QED) is 0.290. The largest absolute Gasteiger partial charge is 0.612 e. The summed E-state index contributed by atoms with van der Waals surface area (Å²) in [5.41, 5.74) is 2.16. The van der Waals surface area contributed by atoms with E-state index in [2.05, 4.69) is 37.4 Å². The van der Waals surface area contributed by atoms with E-state index in [9.17, 15) is 4.55 Å². The third-order valence-electron chi connectivity index (χ3n) is 6.06. The van der Waals surface area contributed by atoms with Gasteiger partial charge in [0.1, 0.15) is 18.5 Å². The van der Waals surface area contributed by atoms with Crippen molar-refractivity contribution in [3.05, 3.63) is 10.5 Å². The lowest BCUT2D eigenvalue weighted by atomic mass is 9.71. The van der Waals surface area contributed by atoms with Gasteiger partial charge in [0.05, 0.1) is 0 Å². The molecule has 0 radical (unpaired) electrons. The molecule has 4 heteroatoms. The lowest BCUT2D eigenvalue weighted by molar-refractivity contribution is 0.385. The summed E-state index contributed by atoms with van der Waals surface area (Å²) in [5.74, 6) is 1.72. The van der Waals surface area contributed by atoms with Crippen LogP contribution in [0.4, 0.5) is 0 Å². The van der Waals surface area contributed by atoms with Crippen molar-refractivity contribution in [2.75, 3.05) is 5.75 Å². The van der Waals surface area contributed by atoms with Crippen LogP contribution < -0.4 is 0 Å². The molecule has 3 aliphatic rings. The monoisotopic (exact) mass is 418 g/mol. The highest BCUT2D eigenvalue weighted by Gasteiger charge is 2.58. The van der Waals surface area contributed by atoms with Crippen molar-refractivity contribution in [3.8, 4) is 0 Å². The summed E-state index contributed by atoms with van der Waals surface area (Å²) >= 11 is 1.87. The molecule has 1 nitrogen and oxygen atoms in total. The fourth-order valence-corrected chi connectivity index (χ4v) is 7.06. The molecule has 0 aromatic carbocycles. The maximum absolute atomic E-state index is 12.7. The van der Waals surface area contributed by atoms with Gasteiger partial charge in [-0.2, -0.15) is 0 Å². The molecule has 3 aliphatic carbocycles. The van der Waals surface area contributed by atoms with Crippen molar-refractivity contribution < 1.29 is 4.55 Å². The normalized spacial score (nSPS) is 42.0. The number of allylic oxidation sites excluding steroid dienone is 2. The summed E-state index contributed by atoms with van der Waals surface area (Å²) in [7, 11) is 2.34. The molecule has 4 unspecified atom stereocenters. The first-order chi connectivity index (χ1) is 9.98. The van der Waals surface area contributed by atoms with E-state index in [0.717, 1.165) is 18.1 Å². The number of rotatable bonds is 3. The minimum absolute atomic E-state index is 0.323. The van der Waals surface area contributed by atoms with E-state index in [4.69, 9.17) is 0 Å². The Morgan fingerprint density at radius 1 is 1.29 bits per heavy atom. The molecule has 0 bridgehead atoms. The summed E-state index contributed by atoms with van der Waals surface area (Å²) in [6, 6.07) is 0. The van der Waals surface area contributed by atoms with Gasteiger partial charge >= 0.3 is 0 Å². The molecule has 0 amide bonds. The van der Waals surface area contributed by atoms with Gasteiger partial charge in [0, 0.05) is 9.74 Å². The van der Waals surface area contributed by atoms with Crippen molar-refractivity contribution in [1.82, 2.24) is 0 Å². The molecule has 4 atom stereocenters. The molecule has 0 heterocycles. The first-order valence-electron chi connectivity index (χ1n) is 8.78. The number of fused-ring (bicyclic) bond motifs is 1. The van der Waals surface area contributed by atoms with E-state index in [-0.39, 0.29) is 0 Å². The fourth-order valence-electron chi connectivity index (χ4n) is 4.74. The third kappa shape index (κ3) is 3.37. The molecule has 2 saturated carbocycles. The van der Waals surface area contributed by atoms with E-state index in [1.807, 2.05) is 0 Å². The predicted octanol–water partition coefficient (Wildman–Crippen LogP) is 4.32. The number of halogens is 1. The molecule has 0 aromatic heterocycles. The van der Waals surface area contributed by atoms with Crippen LogP contribution >= 0.6 is 22.6 Å². The van der Waals surface area contributed by atoms with Crippen LogP contribution in [0.3, 0.4) is 0 Å². The molecule has 0 saturated heterocycles. The topological polar surface area (TPSA) is 23.1 Å². The minimum Gasteiger partial charge on any atom is -0.612 e. The Balaban J connectivity index is 1.91. The summed E-state index contributed by atoms with van der Waals surface area (Å²) in [5, 5.41) is 0. The van der Waals surface area contributed by atoms with Crippen molar-refractivity contribution >= 4 is 41.6 Å². The van der Waals surface area contributed by atoms with Crippen LogP contribution in [0.25, 0.3) is 0 Å². The zero-order valence-corrected chi connectivity index (χ0v) is 16.5. The number of hydrogen-bond acceptors (Lipinski definition) is 1. The second kappa shape index (κ2) is 6.39. The SMILES string of the molecule is BC1(I)CCC(C23CCCCCCC2C3)=C([S+]([O-])CC)C1. The highest BCUT2D eigenvalue weighted by Crippen LogP contribution is 2.67. The molecule has 2 fully saturated rings. The van der Waals surface area contributed by atoms with Crippen LogP contribution in [0, 0.1) is 11.3 Å². The Labute approximate surface area is 147 Å². The summed E-state index contributed by atoms with van der Waals surface area (Å²) < 4.78 is 13.0. The number of hydrogen-bond donors (Lipinski definition) is 0. The number of alkyl halides is 1. The minimum atomic E-state index is -0.726. The summed E-state index contributed by atoms with van der Waals surface area (Å²) in [4.78, 5) is 1.36. The highest BCUT2D eigenvalue weighted by molar-refractivity contribution is 14.1. The molecule has 3 rings (SSSR count). The van der Waals surface area contributed by atoms with Crippen molar-refractivity contribution in [3.63, 3.8) is 0 Å². The van der Waals surface area contributed by atoms with Gasteiger partial charge in [0.25, 0.3) is 0 Å². The van der Waals surface area contributed by atoms with Gasteiger partial charge in [-0.3, -0.25) is 0 Å². The maximum atomic E-state index is 12.7. The van der Waals surface area contributed by atoms with Crippen LogP contribution in [-0.4, -0.2) is 21.5 Å². The molecule has 0 aliphatic heterocycles. The van der Waals surface area contributed by atoms with Crippen molar-refractivity contribution in [1.29, 1.82) is 0 Å². The predicted molar refractivity (Wildman–Crippen MR) is 103 cm³/mol. The van der Waals surface area contributed by atoms with E-state index in [1.165, 1.54) is 62.7 Å². The van der Waals surface area contributed by atoms with Crippen LogP contribution in [0.1, 0.15) is 71.1 Å². The van der Waals surface area contributed by atoms with Crippen LogP contribution in [0.15, 0.2) is 10.5 Å². The van der Waals surface area contributed by atoms with Gasteiger partial charge in [-0.05, 0) is 67.1 Å². The Hall–Kier alpha value is 0.845. The van der Waals surface area contributed by atoms with Crippen molar-refractivity contribution in [2.24, 2.45) is 11.3 Å². The second-order valence-electron chi connectivity index (χ2n) is 7.64. The van der Waals surface area contributed by atoms with Crippen LogP contribution in [-0.2, 0) is 11.2 Å². The van der Waals surface area contributed by atoms with Gasteiger partial charge in [0.15, 0.2) is 0 Å². The highest BCUT2D eigenvalue weighted by atomic mass is 127. The van der Waals surface area contributed by atoms with E-state index >= 15 is 0 Å². The van der Waals surface area contributed by atoms with Crippen LogP contribution in [0.2, 0.25) is 0 Å². The average molecular weight is 418 g/mol. The second-order valence-corrected chi connectivity index (χ2v) is 12.0. The van der Waals surface area contributed by atoms with E-state index in [0.29, 0.717) is 8.74 Å². The van der Waals surface area contributed by atoms with Gasteiger partial charge < -0.3 is 4.55 Å². The first kappa shape index (κ1) is 16.7. The zero-order valence-electron chi connectivity index (χ0n) is 13.5. The van der Waals surface area contributed by atoms with Gasteiger partial charge in [0.2, 0.25) is 0 Å². The molecular weight excluding hydrogens is 390 g/mol. The third-order valence-corrected chi connectivity index (χ3v) is 8.44. The Morgan fingerprint density at radius 2 is 2.05 bits per heavy atom. The van der Waals surface area contributed by atoms with Crippen LogP contribution in [0.5, 0.6) is 0 Å². The molecule has 0 aromatic rings. The zero-order chi connectivity index (χ0) is 15.1. The molecule has 0 spiro atoms. The smallest absolute Gasteiger partial charge is 0.129 e. The Kier molecular flexibility index (Phi) is 5.08. The van der Waals surface area contributed by atoms with Gasteiger partial charge in [-0.1, -0.05) is 48.3 Å². The average Bonchev–Trinajstić information content (AvgIpc) is 3.10. The first-order valence-corrected chi connectivity index (χ1v) is 11.2. The lowest BCUT2D eigenvalue weighted by Gasteiger charge is -2.35. The van der Waals surface area contributed by atoms with Crippen molar-refractivity contribution in [2.45, 2.75) is 74.5 Å². The standard InChI is InChI=1S/C17H28BIOS/c1-2-21(20)15-12-17(18,19)10-8-14(15)16-9-6-4-3-5-7-13(16)11-16/h13H,2-12,18H2,1H3.